The molecule has 291 valence electrons. The van der Waals surface area contributed by atoms with E-state index in [0.29, 0.717) is 0 Å². The Morgan fingerprint density at radius 2 is 1.07 bits per heavy atom. The zero-order valence-electron chi connectivity index (χ0n) is 34.0. The monoisotopic (exact) mass is 952 g/mol. The molecule has 4 heterocycles. The van der Waals surface area contributed by atoms with Crippen LogP contribution in [0.25, 0.3) is 66.8 Å². The van der Waals surface area contributed by atoms with Crippen molar-refractivity contribution in [1.82, 2.24) is 15.0 Å². The van der Waals surface area contributed by atoms with Crippen LogP contribution in [-0.2, 0) is 25.5 Å². The number of rotatable bonds is 5. The molecule has 0 saturated carbocycles. The molecule has 4 aromatic heterocycles. The first-order chi connectivity index (χ1) is 27.5. The molecule has 58 heavy (non-hydrogen) atoms. The van der Waals surface area contributed by atoms with Crippen molar-refractivity contribution in [3.8, 4) is 44.9 Å². The molecule has 0 N–H and O–H groups in total. The molecule has 0 bridgehead atoms. The van der Waals surface area contributed by atoms with Crippen molar-refractivity contribution < 1.29 is 24.5 Å². The van der Waals surface area contributed by atoms with Gasteiger partial charge in [-0.15, -0.1) is 0 Å². The van der Waals surface area contributed by atoms with Crippen LogP contribution in [0.1, 0.15) is 26.3 Å². The molecule has 0 saturated heterocycles. The van der Waals surface area contributed by atoms with Crippen molar-refractivity contribution in [2.24, 2.45) is 0 Å². The van der Waals surface area contributed by atoms with Gasteiger partial charge in [-0.05, 0) is 81.9 Å². The Morgan fingerprint density at radius 1 is 0.466 bits per heavy atom. The second-order valence-corrected chi connectivity index (χ2v) is 21.2. The Morgan fingerprint density at radius 3 is 1.64 bits per heavy atom. The van der Waals surface area contributed by atoms with Gasteiger partial charge in [0, 0.05) is 66.2 Å². The van der Waals surface area contributed by atoms with Crippen molar-refractivity contribution in [2.75, 3.05) is 0 Å². The Balaban J connectivity index is 0.000000164. The molecule has 0 unspecified atom stereocenters. The van der Waals surface area contributed by atoms with E-state index in [-0.39, 0.29) is 25.5 Å². The molecule has 0 fully saturated rings. The van der Waals surface area contributed by atoms with Crippen molar-refractivity contribution in [2.45, 2.75) is 45.8 Å². The van der Waals surface area contributed by atoms with Gasteiger partial charge in [0.05, 0.1) is 25.2 Å². The van der Waals surface area contributed by atoms with Crippen LogP contribution in [0, 0.1) is 0 Å². The third-order valence-corrected chi connectivity index (χ3v) is 12.0. The molecule has 0 aliphatic rings. The first-order valence-electron chi connectivity index (χ1n) is 19.5. The van der Waals surface area contributed by atoms with Gasteiger partial charge in [-0.3, -0.25) is 15.0 Å². The fourth-order valence-corrected chi connectivity index (χ4v) is 7.69. The molecular formula is C52H49IrN3OSi. The van der Waals surface area contributed by atoms with Crippen molar-refractivity contribution >= 4 is 35.2 Å². The summed E-state index contributed by atoms with van der Waals surface area (Å²) in [5.74, 6) is 0. The van der Waals surface area contributed by atoms with Crippen LogP contribution in [0.3, 0.4) is 0 Å². The standard InChI is InChI=1S/C27H23NO.C14H17NSi.C11H9N.Ir/c1-27(2,3)20-14-15-28-23(17-20)19-12-13-24-22(16-19)26-21(10-7-11-25(26)29-24)18-8-5-4-6-9-18;1-16(2,3)13-9-10-14(15-11-13)12-7-5-4-6-8-12;1-2-6-10(7-3-1)11-8-4-5-9-12-11;/h4-17H,1-3H3;4-11H,1-3H3;1-9H;. The summed E-state index contributed by atoms with van der Waals surface area (Å²) in [5.41, 5.74) is 12.1. The molecule has 0 spiro atoms. The van der Waals surface area contributed by atoms with E-state index in [4.69, 9.17) is 4.42 Å². The first-order valence-corrected chi connectivity index (χ1v) is 23.0. The largest absolute Gasteiger partial charge is 0.456 e. The molecule has 6 heteroatoms. The third kappa shape index (κ3) is 10.2. The Hall–Kier alpha value is -5.78. The summed E-state index contributed by atoms with van der Waals surface area (Å²) < 4.78 is 6.16. The van der Waals surface area contributed by atoms with E-state index >= 15 is 0 Å². The molecule has 5 aromatic carbocycles. The maximum atomic E-state index is 6.16. The number of furan rings is 1. The van der Waals surface area contributed by atoms with Gasteiger partial charge < -0.3 is 4.42 Å². The van der Waals surface area contributed by atoms with Gasteiger partial charge in [0.25, 0.3) is 0 Å². The predicted octanol–water partition coefficient (Wildman–Crippen LogP) is 13.7. The van der Waals surface area contributed by atoms with Crippen molar-refractivity contribution in [3.05, 3.63) is 194 Å². The molecule has 9 rings (SSSR count). The second-order valence-electron chi connectivity index (χ2n) is 16.2. The van der Waals surface area contributed by atoms with Crippen LogP contribution in [0.5, 0.6) is 0 Å². The van der Waals surface area contributed by atoms with E-state index in [1.807, 2.05) is 85.3 Å². The molecule has 0 aliphatic carbocycles. The second kappa shape index (κ2) is 18.7. The average Bonchev–Trinajstić information content (AvgIpc) is 3.63. The van der Waals surface area contributed by atoms with E-state index in [0.717, 1.165) is 50.1 Å². The average molecular weight is 952 g/mol. The minimum atomic E-state index is -1.22. The van der Waals surface area contributed by atoms with Crippen LogP contribution in [0.4, 0.5) is 0 Å². The number of benzene rings is 5. The number of hydrogen-bond acceptors (Lipinski definition) is 4. The van der Waals surface area contributed by atoms with Crippen LogP contribution < -0.4 is 5.19 Å². The predicted molar refractivity (Wildman–Crippen MR) is 243 cm³/mol. The zero-order chi connectivity index (χ0) is 39.8. The summed E-state index contributed by atoms with van der Waals surface area (Å²) in [6.45, 7) is 13.7. The maximum absolute atomic E-state index is 6.16. The molecule has 0 atom stereocenters. The number of pyridine rings is 3. The van der Waals surface area contributed by atoms with E-state index in [9.17, 15) is 0 Å². The van der Waals surface area contributed by atoms with E-state index < -0.39 is 8.07 Å². The molecule has 1 radical (unpaired) electrons. The number of hydrogen-bond donors (Lipinski definition) is 0. The topological polar surface area (TPSA) is 51.8 Å². The van der Waals surface area contributed by atoms with E-state index in [2.05, 4.69) is 158 Å². The number of fused-ring (bicyclic) bond motifs is 3. The van der Waals surface area contributed by atoms with E-state index in [1.54, 1.807) is 0 Å². The molecule has 4 nitrogen and oxygen atoms in total. The van der Waals surface area contributed by atoms with Gasteiger partial charge in [0.15, 0.2) is 0 Å². The summed E-state index contributed by atoms with van der Waals surface area (Å²) in [7, 11) is -1.22. The van der Waals surface area contributed by atoms with Gasteiger partial charge in [-0.2, -0.15) is 0 Å². The Kier molecular flexibility index (Phi) is 13.5. The Labute approximate surface area is 357 Å². The normalized spacial score (nSPS) is 11.1. The van der Waals surface area contributed by atoms with Gasteiger partial charge in [0.1, 0.15) is 11.2 Å². The molecule has 0 amide bonds. The minimum Gasteiger partial charge on any atom is -0.456 e. The molecular weight excluding hydrogens is 903 g/mol. The first kappa shape index (κ1) is 41.8. The quantitative estimate of drug-likeness (QED) is 0.161. The SMILES string of the molecule is CC(C)(C)c1ccnc(-c2ccc3oc4cccc(-c5ccccc5)c4c3c2)c1.C[Si](C)(C)c1ccc(-c2ccccc2)nc1.[Ir].c1ccc(-c2ccccn2)cc1. The molecule has 9 aromatic rings. The smallest absolute Gasteiger partial charge is 0.136 e. The van der Waals surface area contributed by atoms with Crippen molar-refractivity contribution in [1.29, 1.82) is 0 Å². The summed E-state index contributed by atoms with van der Waals surface area (Å²) in [5, 5.41) is 3.69. The number of nitrogens with zero attached hydrogens (tertiary/aromatic N) is 3. The summed E-state index contributed by atoms with van der Waals surface area (Å²) in [4.78, 5) is 13.4. The Bertz CT molecular complexity index is 2630. The van der Waals surface area contributed by atoms with Gasteiger partial charge >= 0.3 is 0 Å². The van der Waals surface area contributed by atoms with Crippen LogP contribution >= 0.6 is 0 Å². The van der Waals surface area contributed by atoms with Gasteiger partial charge in [-0.25, -0.2) is 0 Å². The van der Waals surface area contributed by atoms with Crippen molar-refractivity contribution in [3.63, 3.8) is 0 Å². The van der Waals surface area contributed by atoms with Crippen LogP contribution in [0.15, 0.2) is 193 Å². The maximum Gasteiger partial charge on any atom is 0.136 e. The minimum absolute atomic E-state index is 0. The van der Waals surface area contributed by atoms with Gasteiger partial charge in [0.2, 0.25) is 0 Å². The van der Waals surface area contributed by atoms with Crippen LogP contribution in [0.2, 0.25) is 19.6 Å². The third-order valence-electron chi connectivity index (χ3n) is 9.94. The summed E-state index contributed by atoms with van der Waals surface area (Å²) in [6, 6.07) is 58.2. The van der Waals surface area contributed by atoms with Crippen LogP contribution in [-0.4, -0.2) is 23.0 Å². The number of aromatic nitrogens is 3. The summed E-state index contributed by atoms with van der Waals surface area (Å²) in [6.07, 6.45) is 5.75. The molecule has 0 aliphatic heterocycles. The summed E-state index contributed by atoms with van der Waals surface area (Å²) >= 11 is 0. The zero-order valence-corrected chi connectivity index (χ0v) is 37.4. The fraction of sp³-hybridized carbons (Fsp3) is 0.135. The fourth-order valence-electron chi connectivity index (χ4n) is 6.66. The van der Waals surface area contributed by atoms with E-state index in [1.165, 1.54) is 27.4 Å². The van der Waals surface area contributed by atoms with Gasteiger partial charge in [-0.1, -0.05) is 156 Å².